The second kappa shape index (κ2) is 5.25. The third kappa shape index (κ3) is 3.14. The number of hydrogen-bond donors (Lipinski definition) is 1. The van der Waals surface area contributed by atoms with Crippen LogP contribution in [0.3, 0.4) is 0 Å². The number of rotatable bonds is 2. The zero-order valence-electron chi connectivity index (χ0n) is 8.58. The van der Waals surface area contributed by atoms with E-state index in [0.29, 0.717) is 6.61 Å². The highest BCUT2D eigenvalue weighted by Gasteiger charge is 2.30. The van der Waals surface area contributed by atoms with E-state index in [9.17, 15) is 5.11 Å². The lowest BCUT2D eigenvalue weighted by molar-refractivity contribution is -0.195. The van der Waals surface area contributed by atoms with Crippen LogP contribution in [0.4, 0.5) is 0 Å². The summed E-state index contributed by atoms with van der Waals surface area (Å²) < 4.78 is 16.1. The lowest BCUT2D eigenvalue weighted by Gasteiger charge is -2.33. The Bertz CT molecular complexity index is 197. The predicted molar refractivity (Wildman–Crippen MR) is 52.7 cm³/mol. The minimum atomic E-state index is -0.628. The van der Waals surface area contributed by atoms with Crippen LogP contribution in [0.5, 0.6) is 0 Å². The van der Waals surface area contributed by atoms with E-state index in [4.69, 9.17) is 14.2 Å². The van der Waals surface area contributed by atoms with Gasteiger partial charge in [0.25, 0.3) is 0 Å². The normalized spacial score (nSPS) is 42.8. The van der Waals surface area contributed by atoms with E-state index in [-0.39, 0.29) is 6.10 Å². The molecule has 2 aliphatic rings. The van der Waals surface area contributed by atoms with E-state index in [1.807, 2.05) is 19.8 Å². The monoisotopic (exact) mass is 211 g/mol. The van der Waals surface area contributed by atoms with E-state index >= 15 is 0 Å². The topological polar surface area (TPSA) is 47.9 Å². The zero-order valence-corrected chi connectivity index (χ0v) is 8.58. The van der Waals surface area contributed by atoms with Crippen molar-refractivity contribution in [2.24, 2.45) is 0 Å². The smallest absolute Gasteiger partial charge is 0.162 e. The van der Waals surface area contributed by atoms with Gasteiger partial charge in [0.2, 0.25) is 0 Å². The first-order valence-electron chi connectivity index (χ1n) is 5.04. The van der Waals surface area contributed by atoms with Gasteiger partial charge < -0.3 is 19.3 Å². The Balaban J connectivity index is 1.79. The number of aliphatic hydroxyl groups is 1. The number of aliphatic hydroxyl groups excluding tert-OH is 1. The van der Waals surface area contributed by atoms with Crippen molar-refractivity contribution in [1.82, 2.24) is 0 Å². The Morgan fingerprint density at radius 1 is 1.40 bits per heavy atom. The van der Waals surface area contributed by atoms with Crippen LogP contribution in [0.1, 0.15) is 6.92 Å². The van der Waals surface area contributed by atoms with Gasteiger partial charge in [0.15, 0.2) is 6.29 Å². The van der Waals surface area contributed by atoms with E-state index in [1.54, 1.807) is 12.8 Å². The molecule has 0 aromatic carbocycles. The van der Waals surface area contributed by atoms with Gasteiger partial charge in [-0.05, 0) is 19.8 Å². The van der Waals surface area contributed by atoms with Gasteiger partial charge in [-0.3, -0.25) is 0 Å². The number of ether oxygens (including phenoxy) is 3. The molecule has 2 heterocycles. The Labute approximate surface area is 90.5 Å². The fourth-order valence-corrected chi connectivity index (χ4v) is 1.48. The van der Waals surface area contributed by atoms with Gasteiger partial charge in [-0.15, -0.1) is 0 Å². The van der Waals surface area contributed by atoms with Gasteiger partial charge in [-0.1, -0.05) is 0 Å². The van der Waals surface area contributed by atoms with Crippen LogP contribution < -0.4 is 0 Å². The van der Waals surface area contributed by atoms with Crippen LogP contribution in [0.2, 0.25) is 0 Å². The van der Waals surface area contributed by atoms with Crippen molar-refractivity contribution >= 4 is 0 Å². The third-order valence-corrected chi connectivity index (χ3v) is 2.29. The highest BCUT2D eigenvalue weighted by atomic mass is 16.7. The van der Waals surface area contributed by atoms with Gasteiger partial charge in [0.1, 0.15) is 12.7 Å². The second-order valence-corrected chi connectivity index (χ2v) is 3.58. The molecule has 1 N–H and O–H groups in total. The molecule has 0 aliphatic carbocycles. The van der Waals surface area contributed by atoms with Crippen LogP contribution >= 0.6 is 0 Å². The minimum Gasteiger partial charge on any atom is -0.390 e. The Morgan fingerprint density at radius 2 is 2.27 bits per heavy atom. The molecule has 15 heavy (non-hydrogen) atoms. The van der Waals surface area contributed by atoms with Crippen molar-refractivity contribution < 1.29 is 19.3 Å². The molecule has 83 valence electrons. The van der Waals surface area contributed by atoms with Gasteiger partial charge in [-0.25, -0.2) is 0 Å². The summed E-state index contributed by atoms with van der Waals surface area (Å²) in [6, 6.07) is 0. The van der Waals surface area contributed by atoms with Crippen molar-refractivity contribution in [3.05, 3.63) is 32.3 Å². The standard InChI is InChI=1S/C11H15O4/c1-8-3-2-4-11(14-8)15-10-7-13-6-5-9(10)12/h2-5,7-12H,6H2,1H3/t8-,9-,10-,11+/m1/s1. The van der Waals surface area contributed by atoms with E-state index < -0.39 is 18.5 Å². The molecule has 0 amide bonds. The molecule has 2 fully saturated rings. The van der Waals surface area contributed by atoms with Crippen molar-refractivity contribution in [3.63, 3.8) is 0 Å². The van der Waals surface area contributed by atoms with E-state index in [0.717, 1.165) is 0 Å². The molecule has 0 aromatic rings. The predicted octanol–water partition coefficient (Wildman–Crippen LogP) is 0.486. The summed E-state index contributed by atoms with van der Waals surface area (Å²) in [6.07, 6.45) is 5.82. The Kier molecular flexibility index (Phi) is 3.97. The summed E-state index contributed by atoms with van der Waals surface area (Å²) in [4.78, 5) is 0. The third-order valence-electron chi connectivity index (χ3n) is 2.29. The molecule has 4 heteroatoms. The molecule has 0 spiro atoms. The quantitative estimate of drug-likeness (QED) is 0.722. The average molecular weight is 211 g/mol. The molecular weight excluding hydrogens is 196 g/mol. The first kappa shape index (κ1) is 11.3. The first-order chi connectivity index (χ1) is 7.25. The van der Waals surface area contributed by atoms with Gasteiger partial charge in [0, 0.05) is 12.8 Å². The Hall–Kier alpha value is -0.160. The maximum atomic E-state index is 9.59. The fourth-order valence-electron chi connectivity index (χ4n) is 1.48. The van der Waals surface area contributed by atoms with Crippen LogP contribution in [0, 0.1) is 32.3 Å². The van der Waals surface area contributed by atoms with E-state index in [1.165, 1.54) is 6.61 Å². The molecular formula is C11H15O4. The zero-order chi connectivity index (χ0) is 10.7. The van der Waals surface area contributed by atoms with Gasteiger partial charge in [0.05, 0.1) is 18.8 Å². The van der Waals surface area contributed by atoms with Crippen molar-refractivity contribution in [3.8, 4) is 0 Å². The average Bonchev–Trinajstić information content (AvgIpc) is 2.22. The summed E-state index contributed by atoms with van der Waals surface area (Å²) in [5, 5.41) is 9.59. The van der Waals surface area contributed by atoms with Crippen LogP contribution in [0.15, 0.2) is 0 Å². The maximum Gasteiger partial charge on any atom is 0.162 e. The summed E-state index contributed by atoms with van der Waals surface area (Å²) in [5.41, 5.74) is 0. The molecule has 4 atom stereocenters. The molecule has 4 nitrogen and oxygen atoms in total. The van der Waals surface area contributed by atoms with Crippen LogP contribution in [-0.4, -0.2) is 36.3 Å². The summed E-state index contributed by atoms with van der Waals surface area (Å²) >= 11 is 0. The molecule has 0 aromatic heterocycles. The summed E-state index contributed by atoms with van der Waals surface area (Å²) in [6.45, 7) is 3.86. The first-order valence-corrected chi connectivity index (χ1v) is 5.04. The van der Waals surface area contributed by atoms with Crippen molar-refractivity contribution in [1.29, 1.82) is 0 Å². The van der Waals surface area contributed by atoms with Crippen molar-refractivity contribution in [2.75, 3.05) is 6.61 Å². The highest BCUT2D eigenvalue weighted by Crippen LogP contribution is 2.22. The van der Waals surface area contributed by atoms with Crippen LogP contribution in [-0.2, 0) is 14.2 Å². The minimum absolute atomic E-state index is 0.0330. The largest absolute Gasteiger partial charge is 0.390 e. The molecule has 2 rings (SSSR count). The Morgan fingerprint density at radius 3 is 3.00 bits per heavy atom. The van der Waals surface area contributed by atoms with Gasteiger partial charge >= 0.3 is 0 Å². The summed E-state index contributed by atoms with van der Waals surface area (Å²) in [5.74, 6) is 0. The fraction of sp³-hybridized carbons (Fsp3) is 0.545. The molecule has 2 aliphatic heterocycles. The SMILES string of the molecule is C[C@@H]1[CH][CH][CH][C@H](O[C@@H]2[CH]OC[CH][C@H]2O)O1. The van der Waals surface area contributed by atoms with Crippen molar-refractivity contribution in [2.45, 2.75) is 31.5 Å². The number of hydrogen-bond acceptors (Lipinski definition) is 4. The maximum absolute atomic E-state index is 9.59. The van der Waals surface area contributed by atoms with Gasteiger partial charge in [-0.2, -0.15) is 0 Å². The molecule has 0 unspecified atom stereocenters. The lowest BCUT2D eigenvalue weighted by Crippen LogP contribution is -2.41. The van der Waals surface area contributed by atoms with E-state index in [2.05, 4.69) is 0 Å². The van der Waals surface area contributed by atoms with Crippen LogP contribution in [0.25, 0.3) is 0 Å². The summed E-state index contributed by atoms with van der Waals surface area (Å²) in [7, 11) is 0. The second-order valence-electron chi connectivity index (χ2n) is 3.58. The lowest BCUT2D eigenvalue weighted by atomic mass is 10.1. The molecule has 0 bridgehead atoms. The molecule has 5 radical (unpaired) electrons. The molecule has 2 saturated heterocycles. The highest BCUT2D eigenvalue weighted by molar-refractivity contribution is 5.06. The molecule has 0 saturated carbocycles.